The van der Waals surface area contributed by atoms with Gasteiger partial charge in [-0.25, -0.2) is 15.0 Å². The number of halogens is 1. The molecule has 3 aromatic heterocycles. The van der Waals surface area contributed by atoms with Crippen LogP contribution in [0.4, 0.5) is 5.82 Å². The minimum Gasteiger partial charge on any atom is -0.436 e. The largest absolute Gasteiger partial charge is 0.436 e. The van der Waals surface area contributed by atoms with E-state index in [1.165, 1.54) is 0 Å². The van der Waals surface area contributed by atoms with Crippen molar-refractivity contribution in [1.29, 1.82) is 0 Å². The molecule has 3 heterocycles. The molecule has 11 heteroatoms. The van der Waals surface area contributed by atoms with E-state index in [2.05, 4.69) is 37.4 Å². The van der Waals surface area contributed by atoms with Gasteiger partial charge in [0.2, 0.25) is 11.7 Å². The molecule has 10 nitrogen and oxygen atoms in total. The Hall–Kier alpha value is -3.13. The van der Waals surface area contributed by atoms with Crippen LogP contribution in [0.1, 0.15) is 24.0 Å². The summed E-state index contributed by atoms with van der Waals surface area (Å²) in [6, 6.07) is 2.81. The molecule has 32 heavy (non-hydrogen) atoms. The maximum absolute atomic E-state index is 12.4. The number of furan rings is 1. The summed E-state index contributed by atoms with van der Waals surface area (Å²) in [7, 11) is 3.26. The lowest BCUT2D eigenvalue weighted by atomic mass is 9.93. The third-order valence-corrected chi connectivity index (χ3v) is 7.34. The highest BCUT2D eigenvalue weighted by molar-refractivity contribution is 6.28. The van der Waals surface area contributed by atoms with Crippen molar-refractivity contribution in [2.24, 2.45) is 17.3 Å². The van der Waals surface area contributed by atoms with E-state index < -0.39 is 23.2 Å². The Kier molecular flexibility index (Phi) is 3.80. The number of nitrogens with one attached hydrogen (secondary N) is 2. The van der Waals surface area contributed by atoms with Gasteiger partial charge in [0, 0.05) is 20.0 Å². The molecule has 3 aliphatic carbocycles. The Morgan fingerprint density at radius 3 is 2.78 bits per heavy atom. The first-order chi connectivity index (χ1) is 15.4. The summed E-state index contributed by atoms with van der Waals surface area (Å²) in [6.45, 7) is 0. The predicted octanol–water partition coefficient (Wildman–Crippen LogP) is 0.543. The molecule has 3 aromatic rings. The normalized spacial score (nSPS) is 33.8. The quantitative estimate of drug-likeness (QED) is 0.421. The van der Waals surface area contributed by atoms with Gasteiger partial charge in [0.1, 0.15) is 5.60 Å². The molecule has 4 N–H and O–H groups in total. The zero-order valence-electron chi connectivity index (χ0n) is 17.1. The van der Waals surface area contributed by atoms with Crippen molar-refractivity contribution in [2.75, 3.05) is 19.4 Å². The van der Waals surface area contributed by atoms with Crippen molar-refractivity contribution < 1.29 is 19.4 Å². The highest BCUT2D eigenvalue weighted by atomic mass is 35.5. The van der Waals surface area contributed by atoms with Gasteiger partial charge in [-0.05, 0) is 47.9 Å². The average molecular weight is 455 g/mol. The lowest BCUT2D eigenvalue weighted by Gasteiger charge is -2.25. The van der Waals surface area contributed by atoms with Gasteiger partial charge in [-0.1, -0.05) is 0 Å². The molecule has 3 unspecified atom stereocenters. The monoisotopic (exact) mass is 454 g/mol. The van der Waals surface area contributed by atoms with E-state index in [0.29, 0.717) is 29.2 Å². The standard InChI is InChI=1S/C21H19ClN6O4/c1-23-16-14-17(27-12(26-16)6-4-9-3-5-11(22)32-9)28(8-25-14)15-13-10-7-20(10,19(30)24-2)18(29)21(13,15)31/h3,5,8,10,13,15,18,29,31H,7H2,1-2H3,(H,24,30)(H,23,26,27)/t10?,13-,15?,18+,20?,21+/m0/s1. The summed E-state index contributed by atoms with van der Waals surface area (Å²) in [4.78, 5) is 25.7. The molecular weight excluding hydrogens is 436 g/mol. The number of fused-ring (bicyclic) bond motifs is 4. The van der Waals surface area contributed by atoms with E-state index in [1.54, 1.807) is 37.1 Å². The Labute approximate surface area is 187 Å². The number of hydrogen-bond acceptors (Lipinski definition) is 8. The maximum atomic E-state index is 12.4. The number of amides is 1. The topological polar surface area (TPSA) is 138 Å². The van der Waals surface area contributed by atoms with Gasteiger partial charge in [-0.2, -0.15) is 0 Å². The number of rotatable bonds is 3. The number of imidazole rings is 1. The Bertz CT molecular complexity index is 1360. The second kappa shape index (κ2) is 6.22. The number of anilines is 1. The summed E-state index contributed by atoms with van der Waals surface area (Å²) < 4.78 is 7.00. The van der Waals surface area contributed by atoms with Crippen molar-refractivity contribution in [2.45, 2.75) is 24.2 Å². The van der Waals surface area contributed by atoms with E-state index in [4.69, 9.17) is 16.0 Å². The highest BCUT2D eigenvalue weighted by Gasteiger charge is 2.91. The van der Waals surface area contributed by atoms with Gasteiger partial charge in [0.15, 0.2) is 28.0 Å². The lowest BCUT2D eigenvalue weighted by Crippen LogP contribution is -2.45. The van der Waals surface area contributed by atoms with E-state index >= 15 is 0 Å². The maximum Gasteiger partial charge on any atom is 0.229 e. The van der Waals surface area contributed by atoms with Gasteiger partial charge < -0.3 is 29.8 Å². The van der Waals surface area contributed by atoms with E-state index in [-0.39, 0.29) is 28.8 Å². The van der Waals surface area contributed by atoms with Crippen molar-refractivity contribution >= 4 is 34.5 Å². The van der Waals surface area contributed by atoms with E-state index in [9.17, 15) is 15.0 Å². The Morgan fingerprint density at radius 1 is 1.34 bits per heavy atom. The van der Waals surface area contributed by atoms with Crippen LogP contribution in [0.5, 0.6) is 0 Å². The van der Waals surface area contributed by atoms with Gasteiger partial charge in [-0.15, -0.1) is 0 Å². The number of nitrogens with zero attached hydrogens (tertiary/aromatic N) is 4. The molecule has 3 saturated carbocycles. The van der Waals surface area contributed by atoms with Crippen molar-refractivity contribution in [3.05, 3.63) is 35.3 Å². The third-order valence-electron chi connectivity index (χ3n) is 7.14. The fraction of sp³-hybridized carbons (Fsp3) is 0.429. The number of carbonyl (C=O) groups excluding carboxylic acids is 1. The zero-order valence-corrected chi connectivity index (χ0v) is 17.9. The van der Waals surface area contributed by atoms with Crippen LogP contribution in [0.2, 0.25) is 5.22 Å². The number of aliphatic hydroxyl groups excluding tert-OH is 1. The summed E-state index contributed by atoms with van der Waals surface area (Å²) in [6.07, 6.45) is 0.991. The fourth-order valence-electron chi connectivity index (χ4n) is 5.63. The van der Waals surface area contributed by atoms with Crippen LogP contribution in [0.15, 0.2) is 22.9 Å². The number of hydrogen-bond donors (Lipinski definition) is 4. The molecule has 164 valence electrons. The van der Waals surface area contributed by atoms with Gasteiger partial charge in [0.25, 0.3) is 0 Å². The van der Waals surface area contributed by atoms with Crippen molar-refractivity contribution in [1.82, 2.24) is 24.8 Å². The first-order valence-corrected chi connectivity index (χ1v) is 10.6. The predicted molar refractivity (Wildman–Crippen MR) is 113 cm³/mol. The molecule has 6 atom stereocenters. The average Bonchev–Trinajstić information content (AvgIpc) is 3.49. The van der Waals surface area contributed by atoms with Crippen molar-refractivity contribution in [3.8, 4) is 11.8 Å². The number of aliphatic hydroxyl groups is 2. The fourth-order valence-corrected chi connectivity index (χ4v) is 5.78. The second-order valence-electron chi connectivity index (χ2n) is 8.51. The van der Waals surface area contributed by atoms with Crippen LogP contribution in [0, 0.1) is 29.1 Å². The first-order valence-electron chi connectivity index (χ1n) is 10.2. The van der Waals surface area contributed by atoms with Gasteiger partial charge in [-0.3, -0.25) is 4.79 Å². The third kappa shape index (κ3) is 2.28. The minimum absolute atomic E-state index is 0.0847. The zero-order chi connectivity index (χ0) is 22.4. The molecule has 0 aliphatic heterocycles. The smallest absolute Gasteiger partial charge is 0.229 e. The summed E-state index contributed by atoms with van der Waals surface area (Å²) in [5, 5.41) is 28.1. The van der Waals surface area contributed by atoms with Gasteiger partial charge in [0.05, 0.1) is 23.9 Å². The van der Waals surface area contributed by atoms with E-state index in [1.807, 2.05) is 0 Å². The summed E-state index contributed by atoms with van der Waals surface area (Å²) in [5.41, 5.74) is -1.29. The molecule has 0 radical (unpaired) electrons. The number of carbonyl (C=O) groups is 1. The summed E-state index contributed by atoms with van der Waals surface area (Å²) in [5.74, 6) is 6.24. The van der Waals surface area contributed by atoms with Crippen LogP contribution in [-0.4, -0.2) is 61.4 Å². The molecule has 0 saturated heterocycles. The summed E-state index contributed by atoms with van der Waals surface area (Å²) >= 11 is 5.78. The van der Waals surface area contributed by atoms with Crippen LogP contribution < -0.4 is 10.6 Å². The SMILES string of the molecule is CNC(=O)C12CC1[C@H]1C(n3cnc4c(NC)nc(C#Cc5ccc(Cl)o5)nc43)[C@@]1(O)[C@@H]2O. The van der Waals surface area contributed by atoms with Crippen LogP contribution >= 0.6 is 11.6 Å². The van der Waals surface area contributed by atoms with Crippen molar-refractivity contribution in [3.63, 3.8) is 0 Å². The molecule has 0 spiro atoms. The molecule has 6 rings (SSSR count). The van der Waals surface area contributed by atoms with E-state index in [0.717, 1.165) is 0 Å². The van der Waals surface area contributed by atoms with Crippen LogP contribution in [0.3, 0.4) is 0 Å². The molecule has 0 aromatic carbocycles. The Balaban J connectivity index is 1.39. The first kappa shape index (κ1) is 19.5. The molecule has 3 aliphatic rings. The van der Waals surface area contributed by atoms with Crippen LogP contribution in [0.25, 0.3) is 11.2 Å². The molecule has 3 fully saturated rings. The highest BCUT2D eigenvalue weighted by Crippen LogP contribution is 2.82. The minimum atomic E-state index is -1.40. The molecule has 0 bridgehead atoms. The number of aromatic nitrogens is 4. The second-order valence-corrected chi connectivity index (χ2v) is 8.89. The molecule has 1 amide bonds. The Morgan fingerprint density at radius 2 is 2.16 bits per heavy atom. The lowest BCUT2D eigenvalue weighted by molar-refractivity contribution is -0.134. The molecular formula is C21H19ClN6O4. The van der Waals surface area contributed by atoms with Gasteiger partial charge >= 0.3 is 0 Å². The van der Waals surface area contributed by atoms with Crippen LogP contribution in [-0.2, 0) is 4.79 Å².